The number of benzene rings is 1. The number of aryl methyl sites for hydroxylation is 1. The van der Waals surface area contributed by atoms with Crippen LogP contribution >= 0.6 is 11.6 Å². The van der Waals surface area contributed by atoms with Gasteiger partial charge in [0, 0.05) is 11.6 Å². The number of halogens is 1. The number of hydrogen-bond acceptors (Lipinski definition) is 4. The van der Waals surface area contributed by atoms with Crippen LogP contribution in [0.3, 0.4) is 0 Å². The van der Waals surface area contributed by atoms with Crippen LogP contribution in [-0.4, -0.2) is 21.1 Å². The number of fused-ring (bicyclic) bond motifs is 1. The van der Waals surface area contributed by atoms with Crippen molar-refractivity contribution in [2.75, 3.05) is 17.6 Å². The number of aromatic nitrogens is 3. The van der Waals surface area contributed by atoms with Gasteiger partial charge in [0.2, 0.25) is 5.95 Å². The highest BCUT2D eigenvalue weighted by atomic mass is 35.5. The van der Waals surface area contributed by atoms with Gasteiger partial charge in [0.05, 0.1) is 11.4 Å². The molecule has 0 aliphatic rings. The second kappa shape index (κ2) is 5.61. The highest BCUT2D eigenvalue weighted by molar-refractivity contribution is 6.30. The average molecular weight is 302 g/mol. The third-order valence-electron chi connectivity index (χ3n) is 3.40. The van der Waals surface area contributed by atoms with Crippen molar-refractivity contribution in [2.45, 2.75) is 13.3 Å². The maximum Gasteiger partial charge on any atom is 0.240 e. The van der Waals surface area contributed by atoms with E-state index in [2.05, 4.69) is 15.4 Å². The first-order valence-electron chi connectivity index (χ1n) is 6.73. The van der Waals surface area contributed by atoms with Crippen molar-refractivity contribution in [3.8, 4) is 0 Å². The van der Waals surface area contributed by atoms with Crippen LogP contribution in [0.2, 0.25) is 5.02 Å². The van der Waals surface area contributed by atoms with Gasteiger partial charge in [-0.25, -0.2) is 4.52 Å². The number of nitrogens with one attached hydrogen (secondary N) is 1. The predicted octanol–water partition coefficient (Wildman–Crippen LogP) is 2.93. The van der Waals surface area contributed by atoms with Gasteiger partial charge in [0.1, 0.15) is 0 Å². The van der Waals surface area contributed by atoms with E-state index < -0.39 is 0 Å². The Hall–Kier alpha value is -2.27. The molecule has 1 aromatic carbocycles. The first-order valence-corrected chi connectivity index (χ1v) is 7.11. The molecule has 2 heterocycles. The third kappa shape index (κ3) is 2.92. The number of nitrogens with zero attached hydrogens (tertiary/aromatic N) is 3. The van der Waals surface area contributed by atoms with Crippen LogP contribution in [0.5, 0.6) is 0 Å². The average Bonchev–Trinajstić information content (AvgIpc) is 2.85. The summed E-state index contributed by atoms with van der Waals surface area (Å²) in [5.74, 6) is 0.288. The highest BCUT2D eigenvalue weighted by Gasteiger charge is 2.06. The van der Waals surface area contributed by atoms with Gasteiger partial charge in [0.25, 0.3) is 0 Å². The molecule has 3 rings (SSSR count). The molecule has 0 radical (unpaired) electrons. The molecule has 0 fully saturated rings. The zero-order valence-corrected chi connectivity index (χ0v) is 12.4. The molecule has 0 saturated carbocycles. The van der Waals surface area contributed by atoms with E-state index in [-0.39, 0.29) is 5.95 Å². The summed E-state index contributed by atoms with van der Waals surface area (Å²) >= 11 is 5.88. The normalized spacial score (nSPS) is 11.0. The highest BCUT2D eigenvalue weighted by Crippen LogP contribution is 2.17. The van der Waals surface area contributed by atoms with Crippen LogP contribution in [0.25, 0.3) is 5.65 Å². The third-order valence-corrected chi connectivity index (χ3v) is 3.65. The molecule has 3 aromatic rings. The number of hydrogen-bond donors (Lipinski definition) is 2. The number of nitrogens with two attached hydrogens (primary N) is 1. The smallest absolute Gasteiger partial charge is 0.240 e. The predicted molar refractivity (Wildman–Crippen MR) is 85.8 cm³/mol. The molecule has 0 bridgehead atoms. The zero-order valence-electron chi connectivity index (χ0n) is 11.7. The van der Waals surface area contributed by atoms with Gasteiger partial charge in [-0.05, 0) is 43.2 Å². The van der Waals surface area contributed by atoms with Gasteiger partial charge in [-0.1, -0.05) is 23.7 Å². The lowest BCUT2D eigenvalue weighted by Gasteiger charge is -2.10. The van der Waals surface area contributed by atoms with E-state index in [4.69, 9.17) is 17.3 Å². The fourth-order valence-electron chi connectivity index (χ4n) is 2.27. The Morgan fingerprint density at radius 2 is 1.95 bits per heavy atom. The van der Waals surface area contributed by atoms with Crippen LogP contribution in [0.4, 0.5) is 11.6 Å². The van der Waals surface area contributed by atoms with E-state index in [1.54, 1.807) is 4.52 Å². The van der Waals surface area contributed by atoms with Crippen molar-refractivity contribution in [2.24, 2.45) is 0 Å². The summed E-state index contributed by atoms with van der Waals surface area (Å²) in [6, 6.07) is 11.8. The minimum atomic E-state index is 0.288. The summed E-state index contributed by atoms with van der Waals surface area (Å²) in [7, 11) is 0. The monoisotopic (exact) mass is 301 g/mol. The molecule has 0 spiro atoms. The van der Waals surface area contributed by atoms with Crippen molar-refractivity contribution in [1.29, 1.82) is 0 Å². The Labute approximate surface area is 127 Å². The second-order valence-corrected chi connectivity index (χ2v) is 5.31. The molecule has 0 aliphatic heterocycles. The number of anilines is 2. The topological polar surface area (TPSA) is 68.2 Å². The van der Waals surface area contributed by atoms with E-state index in [0.29, 0.717) is 0 Å². The molecule has 2 aromatic heterocycles. The Bertz CT molecular complexity index is 764. The lowest BCUT2D eigenvalue weighted by molar-refractivity contribution is 0.913. The first-order chi connectivity index (χ1) is 10.1. The molecule has 0 aliphatic carbocycles. The number of nitrogen functional groups attached to an aromatic ring is 1. The van der Waals surface area contributed by atoms with Crippen LogP contribution in [0.15, 0.2) is 36.4 Å². The molecule has 0 unspecified atom stereocenters. The Kier molecular flexibility index (Phi) is 3.66. The van der Waals surface area contributed by atoms with Gasteiger partial charge in [-0.3, -0.25) is 0 Å². The SMILES string of the molecule is Cc1c(NCCc2ccc(Cl)cc2)ccc2nc(N)nn12. The van der Waals surface area contributed by atoms with Crippen LogP contribution in [0.1, 0.15) is 11.3 Å². The summed E-state index contributed by atoms with van der Waals surface area (Å²) in [4.78, 5) is 4.14. The van der Waals surface area contributed by atoms with E-state index in [9.17, 15) is 0 Å². The fourth-order valence-corrected chi connectivity index (χ4v) is 2.39. The summed E-state index contributed by atoms with van der Waals surface area (Å²) in [5, 5.41) is 8.35. The van der Waals surface area contributed by atoms with Crippen LogP contribution in [0, 0.1) is 6.92 Å². The quantitative estimate of drug-likeness (QED) is 0.777. The van der Waals surface area contributed by atoms with Gasteiger partial charge in [0.15, 0.2) is 5.65 Å². The number of rotatable bonds is 4. The fraction of sp³-hybridized carbons (Fsp3) is 0.200. The molecule has 0 amide bonds. The van der Waals surface area contributed by atoms with E-state index in [0.717, 1.165) is 35.0 Å². The van der Waals surface area contributed by atoms with E-state index in [1.807, 2.05) is 43.3 Å². The Balaban J connectivity index is 1.70. The molecule has 0 atom stereocenters. The molecule has 108 valence electrons. The maximum absolute atomic E-state index is 5.88. The molecule has 6 heteroatoms. The largest absolute Gasteiger partial charge is 0.383 e. The van der Waals surface area contributed by atoms with E-state index >= 15 is 0 Å². The molecular weight excluding hydrogens is 286 g/mol. The van der Waals surface area contributed by atoms with Gasteiger partial charge < -0.3 is 11.1 Å². The zero-order chi connectivity index (χ0) is 14.8. The Morgan fingerprint density at radius 3 is 2.71 bits per heavy atom. The minimum Gasteiger partial charge on any atom is -0.383 e. The lowest BCUT2D eigenvalue weighted by atomic mass is 10.1. The molecule has 21 heavy (non-hydrogen) atoms. The summed E-state index contributed by atoms with van der Waals surface area (Å²) in [5.41, 5.74) is 9.65. The maximum atomic E-state index is 5.88. The van der Waals surface area contributed by atoms with Crippen molar-refractivity contribution in [3.63, 3.8) is 0 Å². The summed E-state index contributed by atoms with van der Waals surface area (Å²) < 4.78 is 1.75. The Morgan fingerprint density at radius 1 is 1.19 bits per heavy atom. The van der Waals surface area contributed by atoms with E-state index in [1.165, 1.54) is 5.56 Å². The lowest BCUT2D eigenvalue weighted by Crippen LogP contribution is -2.08. The molecule has 3 N–H and O–H groups in total. The number of pyridine rings is 1. The molecule has 0 saturated heterocycles. The van der Waals surface area contributed by atoms with Crippen LogP contribution in [-0.2, 0) is 6.42 Å². The van der Waals surface area contributed by atoms with Gasteiger partial charge >= 0.3 is 0 Å². The molecular formula is C15H16ClN5. The van der Waals surface area contributed by atoms with Crippen molar-refractivity contribution in [1.82, 2.24) is 14.6 Å². The van der Waals surface area contributed by atoms with Crippen molar-refractivity contribution < 1.29 is 0 Å². The standard InChI is InChI=1S/C15H16ClN5/c1-10-13(6-7-14-19-15(17)20-21(10)14)18-9-8-11-2-4-12(16)5-3-11/h2-7,18H,8-9H2,1H3,(H2,17,20). The van der Waals surface area contributed by atoms with Crippen LogP contribution < -0.4 is 11.1 Å². The van der Waals surface area contributed by atoms with Gasteiger partial charge in [-0.15, -0.1) is 5.10 Å². The van der Waals surface area contributed by atoms with Gasteiger partial charge in [-0.2, -0.15) is 4.98 Å². The summed E-state index contributed by atoms with van der Waals surface area (Å²) in [6.45, 7) is 2.82. The minimum absolute atomic E-state index is 0.288. The summed E-state index contributed by atoms with van der Waals surface area (Å²) in [6.07, 6.45) is 0.925. The molecule has 5 nitrogen and oxygen atoms in total. The van der Waals surface area contributed by atoms with Crippen molar-refractivity contribution >= 4 is 28.9 Å². The first kappa shape index (κ1) is 13.7. The van der Waals surface area contributed by atoms with Crippen molar-refractivity contribution in [3.05, 3.63) is 52.7 Å². The second-order valence-electron chi connectivity index (χ2n) is 4.88.